The Kier molecular flexibility index (Phi) is 6.67. The lowest BCUT2D eigenvalue weighted by Gasteiger charge is -2.45. The summed E-state index contributed by atoms with van der Waals surface area (Å²) in [6.45, 7) is -0.661. The van der Waals surface area contributed by atoms with Gasteiger partial charge >= 0.3 is 5.97 Å². The van der Waals surface area contributed by atoms with E-state index in [9.17, 15) is 35.4 Å². The molecule has 146 valence electrons. The van der Waals surface area contributed by atoms with Crippen molar-refractivity contribution in [3.05, 3.63) is 0 Å². The Balaban J connectivity index is 2.19. The maximum Gasteiger partial charge on any atom is 0.335 e. The third-order valence-electron chi connectivity index (χ3n) is 4.24. The molecule has 0 aliphatic carbocycles. The largest absolute Gasteiger partial charge is 0.479 e. The number of hydrogen-bond donors (Lipinski definition) is 7. The third-order valence-corrected chi connectivity index (χ3v) is 4.24. The molecule has 2 fully saturated rings. The summed E-state index contributed by atoms with van der Waals surface area (Å²) in [6, 6.07) is -1.31. The fourth-order valence-electron chi connectivity index (χ4n) is 2.76. The van der Waals surface area contributed by atoms with Crippen molar-refractivity contribution < 1.29 is 54.4 Å². The van der Waals surface area contributed by atoms with Crippen LogP contribution in [0.5, 0.6) is 0 Å². The maximum absolute atomic E-state index is 11.4. The van der Waals surface area contributed by atoms with Gasteiger partial charge in [-0.3, -0.25) is 0 Å². The number of carboxylic acid groups (broad SMARTS) is 1. The second-order valence-corrected chi connectivity index (χ2v) is 5.86. The molecule has 0 unspecified atom stereocenters. The topological polar surface area (TPSA) is 201 Å². The first-order valence-corrected chi connectivity index (χ1v) is 7.53. The van der Waals surface area contributed by atoms with Gasteiger partial charge in [-0.1, -0.05) is 0 Å². The number of methoxy groups -OCH3 is 1. The van der Waals surface area contributed by atoms with Gasteiger partial charge in [0.15, 0.2) is 18.7 Å². The average Bonchev–Trinajstić information content (AvgIpc) is 2.59. The molecule has 2 rings (SSSR count). The van der Waals surface area contributed by atoms with Crippen LogP contribution < -0.4 is 5.73 Å². The van der Waals surface area contributed by atoms with Crippen molar-refractivity contribution in [2.45, 2.75) is 61.3 Å². The summed E-state index contributed by atoms with van der Waals surface area (Å²) in [6.07, 6.45) is -13.8. The molecular weight excluding hydrogens is 346 g/mol. The van der Waals surface area contributed by atoms with E-state index in [2.05, 4.69) is 0 Å². The van der Waals surface area contributed by atoms with Crippen LogP contribution >= 0.6 is 0 Å². The standard InChI is InChI=1S/C13H23NO11/c1-22-13-8(19)7(18)9(10(25-13)11(20)21)24-12-4(14)6(17)5(16)3(2-15)23-12/h3-10,12-13,15-19H,2,14H2,1H3,(H,20,21)/t3-,4-,5-,6-,7-,8-,9+,10-,12-,13-/m1/s1. The summed E-state index contributed by atoms with van der Waals surface area (Å²) < 4.78 is 20.4. The van der Waals surface area contributed by atoms with Gasteiger partial charge in [0, 0.05) is 7.11 Å². The Morgan fingerprint density at radius 3 is 2.20 bits per heavy atom. The molecule has 0 aromatic carbocycles. The molecule has 0 bridgehead atoms. The fraction of sp³-hybridized carbons (Fsp3) is 0.923. The minimum atomic E-state index is -1.73. The smallest absolute Gasteiger partial charge is 0.335 e. The number of ether oxygens (including phenoxy) is 4. The number of rotatable bonds is 5. The molecule has 25 heavy (non-hydrogen) atoms. The summed E-state index contributed by atoms with van der Waals surface area (Å²) in [7, 11) is 1.16. The monoisotopic (exact) mass is 369 g/mol. The normalized spacial score (nSPS) is 48.3. The molecule has 0 saturated carbocycles. The van der Waals surface area contributed by atoms with Gasteiger partial charge < -0.3 is 55.3 Å². The van der Waals surface area contributed by atoms with Crippen LogP contribution in [0.15, 0.2) is 0 Å². The SMILES string of the molecule is CO[C@@H]1O[C@@H](C(=O)O)[C@@H](O[C@H]2O[C@H](CO)[C@@H](O)[C@H](O)[C@H]2N)[C@H](O)[C@H]1O. The summed E-state index contributed by atoms with van der Waals surface area (Å²) in [5.41, 5.74) is 5.70. The van der Waals surface area contributed by atoms with Crippen LogP contribution in [0, 0.1) is 0 Å². The first-order valence-electron chi connectivity index (χ1n) is 7.53. The van der Waals surface area contributed by atoms with Crippen LogP contribution in [0.1, 0.15) is 0 Å². The van der Waals surface area contributed by atoms with E-state index >= 15 is 0 Å². The van der Waals surface area contributed by atoms with Crippen molar-refractivity contribution in [3.63, 3.8) is 0 Å². The predicted molar refractivity (Wildman–Crippen MR) is 75.9 cm³/mol. The molecule has 10 atom stereocenters. The van der Waals surface area contributed by atoms with Crippen LogP contribution in [0.4, 0.5) is 0 Å². The minimum Gasteiger partial charge on any atom is -0.479 e. The van der Waals surface area contributed by atoms with E-state index in [4.69, 9.17) is 24.7 Å². The molecule has 12 nitrogen and oxygen atoms in total. The molecular formula is C13H23NO11. The molecule has 0 spiro atoms. The van der Waals surface area contributed by atoms with E-state index in [0.717, 1.165) is 7.11 Å². The zero-order valence-corrected chi connectivity index (χ0v) is 13.3. The number of nitrogens with two attached hydrogens (primary N) is 1. The Morgan fingerprint density at radius 2 is 1.68 bits per heavy atom. The van der Waals surface area contributed by atoms with Gasteiger partial charge in [0.25, 0.3) is 0 Å². The molecule has 12 heteroatoms. The summed E-state index contributed by atoms with van der Waals surface area (Å²) in [5, 5.41) is 58.1. The highest BCUT2D eigenvalue weighted by atomic mass is 16.7. The average molecular weight is 369 g/mol. The van der Waals surface area contributed by atoms with E-state index in [0.29, 0.717) is 0 Å². The molecule has 0 radical (unpaired) electrons. The Labute approximate surface area is 142 Å². The zero-order chi connectivity index (χ0) is 18.9. The van der Waals surface area contributed by atoms with Crippen LogP contribution in [-0.4, -0.2) is 112 Å². The zero-order valence-electron chi connectivity index (χ0n) is 13.3. The number of hydrogen-bond acceptors (Lipinski definition) is 11. The van der Waals surface area contributed by atoms with Crippen molar-refractivity contribution in [2.24, 2.45) is 5.73 Å². The van der Waals surface area contributed by atoms with Gasteiger partial charge in [0.1, 0.15) is 36.6 Å². The molecule has 2 aliphatic rings. The lowest BCUT2D eigenvalue weighted by molar-refractivity contribution is -0.336. The summed E-state index contributed by atoms with van der Waals surface area (Å²) in [5.74, 6) is -1.50. The van der Waals surface area contributed by atoms with Gasteiger partial charge in [-0.15, -0.1) is 0 Å². The van der Waals surface area contributed by atoms with Gasteiger partial charge in [0.2, 0.25) is 0 Å². The highest BCUT2D eigenvalue weighted by molar-refractivity contribution is 5.73. The van der Waals surface area contributed by atoms with Gasteiger partial charge in [-0.05, 0) is 0 Å². The first kappa shape index (κ1) is 20.4. The second-order valence-electron chi connectivity index (χ2n) is 5.86. The van der Waals surface area contributed by atoms with Crippen molar-refractivity contribution in [3.8, 4) is 0 Å². The lowest BCUT2D eigenvalue weighted by atomic mass is 9.96. The number of aliphatic carboxylic acids is 1. The van der Waals surface area contributed by atoms with E-state index in [1.807, 2.05) is 0 Å². The summed E-state index contributed by atoms with van der Waals surface area (Å²) >= 11 is 0. The van der Waals surface area contributed by atoms with Crippen LogP contribution in [0.2, 0.25) is 0 Å². The number of carbonyl (C=O) groups is 1. The molecule has 0 amide bonds. The highest BCUT2D eigenvalue weighted by Gasteiger charge is 2.52. The van der Waals surface area contributed by atoms with Crippen LogP contribution in [0.25, 0.3) is 0 Å². The Morgan fingerprint density at radius 1 is 1.04 bits per heavy atom. The predicted octanol–water partition coefficient (Wildman–Crippen LogP) is -4.68. The van der Waals surface area contributed by atoms with Gasteiger partial charge in [0.05, 0.1) is 12.6 Å². The Hall–Kier alpha value is -0.930. The Bertz CT molecular complexity index is 463. The maximum atomic E-state index is 11.4. The number of carboxylic acids is 1. The fourth-order valence-corrected chi connectivity index (χ4v) is 2.76. The summed E-state index contributed by atoms with van der Waals surface area (Å²) in [4.78, 5) is 11.4. The van der Waals surface area contributed by atoms with Crippen molar-refractivity contribution in [2.75, 3.05) is 13.7 Å². The van der Waals surface area contributed by atoms with Crippen molar-refractivity contribution in [1.29, 1.82) is 0 Å². The number of aliphatic hydroxyl groups is 5. The van der Waals surface area contributed by atoms with E-state index in [1.165, 1.54) is 0 Å². The van der Waals surface area contributed by atoms with E-state index < -0.39 is 73.9 Å². The second kappa shape index (κ2) is 8.18. The molecule has 2 aliphatic heterocycles. The van der Waals surface area contributed by atoms with Crippen molar-refractivity contribution in [1.82, 2.24) is 0 Å². The third kappa shape index (κ3) is 3.93. The molecule has 2 saturated heterocycles. The highest BCUT2D eigenvalue weighted by Crippen LogP contribution is 2.28. The lowest BCUT2D eigenvalue weighted by Crippen LogP contribution is -2.66. The van der Waals surface area contributed by atoms with Gasteiger partial charge in [-0.2, -0.15) is 0 Å². The van der Waals surface area contributed by atoms with E-state index in [1.54, 1.807) is 0 Å². The van der Waals surface area contributed by atoms with E-state index in [-0.39, 0.29) is 0 Å². The van der Waals surface area contributed by atoms with Crippen molar-refractivity contribution >= 4 is 5.97 Å². The van der Waals surface area contributed by atoms with Gasteiger partial charge in [-0.25, -0.2) is 4.79 Å². The minimum absolute atomic E-state index is 0.661. The number of aliphatic hydroxyl groups excluding tert-OH is 5. The molecule has 0 aromatic heterocycles. The van der Waals surface area contributed by atoms with Crippen LogP contribution in [-0.2, 0) is 23.7 Å². The molecule has 0 aromatic rings. The van der Waals surface area contributed by atoms with Crippen LogP contribution in [0.3, 0.4) is 0 Å². The molecule has 8 N–H and O–H groups in total. The quantitative estimate of drug-likeness (QED) is 0.244. The molecule has 2 heterocycles. The first-order chi connectivity index (χ1) is 11.7.